The minimum absolute atomic E-state index is 0.0486. The second-order valence-corrected chi connectivity index (χ2v) is 6.88. The highest BCUT2D eigenvalue weighted by atomic mass is 35.7. The van der Waals surface area contributed by atoms with Crippen LogP contribution in [0.3, 0.4) is 0 Å². The minimum Gasteiger partial charge on any atom is -0.494 e. The van der Waals surface area contributed by atoms with Gasteiger partial charge in [0.15, 0.2) is 5.75 Å². The molecule has 0 atom stereocenters. The molecule has 0 radical (unpaired) electrons. The van der Waals surface area contributed by atoms with Crippen molar-refractivity contribution < 1.29 is 22.7 Å². The molecule has 1 aromatic rings. The molecule has 5 nitrogen and oxygen atoms in total. The number of esters is 1. The van der Waals surface area contributed by atoms with E-state index in [0.29, 0.717) is 6.42 Å². The van der Waals surface area contributed by atoms with E-state index in [1.807, 2.05) is 6.92 Å². The van der Waals surface area contributed by atoms with Crippen LogP contribution in [-0.2, 0) is 13.8 Å². The van der Waals surface area contributed by atoms with Crippen molar-refractivity contribution in [1.82, 2.24) is 0 Å². The maximum Gasteiger partial charge on any atom is 0.342 e. The summed E-state index contributed by atoms with van der Waals surface area (Å²) < 4.78 is 32.9. The maximum absolute atomic E-state index is 11.9. The van der Waals surface area contributed by atoms with Crippen molar-refractivity contribution in [3.63, 3.8) is 0 Å². The zero-order chi connectivity index (χ0) is 15.3. The van der Waals surface area contributed by atoms with Crippen molar-refractivity contribution in [3.05, 3.63) is 22.7 Å². The number of benzene rings is 1. The van der Waals surface area contributed by atoms with Gasteiger partial charge < -0.3 is 9.47 Å². The van der Waals surface area contributed by atoms with Gasteiger partial charge in [-0.15, -0.1) is 0 Å². The largest absolute Gasteiger partial charge is 0.494 e. The molecule has 0 bridgehead atoms. The molecular weight excluding hydrogens is 327 g/mol. The van der Waals surface area contributed by atoms with Gasteiger partial charge in [0.05, 0.1) is 13.7 Å². The van der Waals surface area contributed by atoms with Gasteiger partial charge in [-0.3, -0.25) is 0 Å². The van der Waals surface area contributed by atoms with Crippen molar-refractivity contribution >= 4 is 37.3 Å². The molecule has 0 fully saturated rings. The lowest BCUT2D eigenvalue weighted by Crippen LogP contribution is -2.10. The third kappa shape index (κ3) is 4.26. The summed E-state index contributed by atoms with van der Waals surface area (Å²) in [4.78, 5) is 11.6. The highest BCUT2D eigenvalue weighted by Crippen LogP contribution is 2.34. The molecule has 0 saturated carbocycles. The Morgan fingerprint density at radius 2 is 2.00 bits per heavy atom. The molecule has 0 aliphatic rings. The summed E-state index contributed by atoms with van der Waals surface area (Å²) in [6.07, 6.45) is 1.57. The molecule has 0 aromatic heterocycles. The van der Waals surface area contributed by atoms with Gasteiger partial charge >= 0.3 is 5.97 Å². The van der Waals surface area contributed by atoms with Crippen LogP contribution in [0.2, 0.25) is 5.02 Å². The molecule has 0 aliphatic heterocycles. The van der Waals surface area contributed by atoms with Crippen LogP contribution < -0.4 is 4.74 Å². The fourth-order valence-electron chi connectivity index (χ4n) is 1.50. The molecule has 0 aliphatic carbocycles. The average molecular weight is 341 g/mol. The molecule has 1 rings (SSSR count). The van der Waals surface area contributed by atoms with E-state index in [2.05, 4.69) is 0 Å². The second kappa shape index (κ2) is 7.15. The van der Waals surface area contributed by atoms with Crippen LogP contribution in [0.1, 0.15) is 30.1 Å². The molecule has 0 saturated heterocycles. The topological polar surface area (TPSA) is 69.7 Å². The SMILES string of the molecule is CCCCOC(=O)c1cc(Cl)cc(S(=O)(=O)Cl)c1OC. The van der Waals surface area contributed by atoms with E-state index in [0.717, 1.165) is 12.5 Å². The Morgan fingerprint density at radius 1 is 1.35 bits per heavy atom. The number of carbonyl (C=O) groups excluding carboxylic acids is 1. The van der Waals surface area contributed by atoms with E-state index in [1.54, 1.807) is 0 Å². The molecular formula is C12H14Cl2O5S. The Balaban J connectivity index is 3.26. The summed E-state index contributed by atoms with van der Waals surface area (Å²) in [7, 11) is 2.44. The predicted molar refractivity (Wildman–Crippen MR) is 76.2 cm³/mol. The van der Waals surface area contributed by atoms with Crippen molar-refractivity contribution in [2.75, 3.05) is 13.7 Å². The van der Waals surface area contributed by atoms with E-state index in [1.165, 1.54) is 13.2 Å². The van der Waals surface area contributed by atoms with Crippen LogP contribution in [0.15, 0.2) is 17.0 Å². The van der Waals surface area contributed by atoms with Gasteiger partial charge in [0, 0.05) is 15.7 Å². The first-order chi connectivity index (χ1) is 9.31. The second-order valence-electron chi connectivity index (χ2n) is 3.91. The lowest BCUT2D eigenvalue weighted by Gasteiger charge is -2.12. The Kier molecular flexibility index (Phi) is 6.10. The fourth-order valence-corrected chi connectivity index (χ4v) is 2.81. The molecule has 0 N–H and O–H groups in total. The molecule has 0 unspecified atom stereocenters. The molecule has 0 heterocycles. The van der Waals surface area contributed by atoms with Gasteiger partial charge in [0.25, 0.3) is 9.05 Å². The summed E-state index contributed by atoms with van der Waals surface area (Å²) in [5.74, 6) is -0.884. The van der Waals surface area contributed by atoms with Crippen LogP contribution in [-0.4, -0.2) is 28.1 Å². The van der Waals surface area contributed by atoms with Crippen molar-refractivity contribution in [2.24, 2.45) is 0 Å². The van der Waals surface area contributed by atoms with E-state index < -0.39 is 15.0 Å². The predicted octanol–water partition coefficient (Wildman–Crippen LogP) is 3.23. The number of methoxy groups -OCH3 is 1. The number of halogens is 2. The number of hydrogen-bond donors (Lipinski definition) is 0. The Labute approximate surface area is 127 Å². The summed E-state index contributed by atoms with van der Waals surface area (Å²) in [5, 5.41) is 0.0486. The maximum atomic E-state index is 11.9. The molecule has 112 valence electrons. The molecule has 0 spiro atoms. The van der Waals surface area contributed by atoms with E-state index in [4.69, 9.17) is 31.8 Å². The molecule has 20 heavy (non-hydrogen) atoms. The van der Waals surface area contributed by atoms with E-state index >= 15 is 0 Å². The van der Waals surface area contributed by atoms with Gasteiger partial charge in [-0.25, -0.2) is 13.2 Å². The zero-order valence-electron chi connectivity index (χ0n) is 11.0. The minimum atomic E-state index is -4.09. The highest BCUT2D eigenvalue weighted by Gasteiger charge is 2.25. The third-order valence-electron chi connectivity index (χ3n) is 2.44. The van der Waals surface area contributed by atoms with E-state index in [-0.39, 0.29) is 27.8 Å². The highest BCUT2D eigenvalue weighted by molar-refractivity contribution is 8.13. The lowest BCUT2D eigenvalue weighted by atomic mass is 10.2. The van der Waals surface area contributed by atoms with Crippen molar-refractivity contribution in [2.45, 2.75) is 24.7 Å². The number of rotatable bonds is 6. The standard InChI is InChI=1S/C12H14Cl2O5S/c1-3-4-5-19-12(15)9-6-8(13)7-10(11(9)18-2)20(14,16)17/h6-7H,3-5H2,1-2H3. The Hall–Kier alpha value is -0.980. The van der Waals surface area contributed by atoms with Crippen LogP contribution in [0.4, 0.5) is 0 Å². The van der Waals surface area contributed by atoms with Crippen LogP contribution >= 0.6 is 22.3 Å². The number of hydrogen-bond acceptors (Lipinski definition) is 5. The van der Waals surface area contributed by atoms with Gasteiger partial charge in [0.1, 0.15) is 10.5 Å². The van der Waals surface area contributed by atoms with Gasteiger partial charge in [-0.05, 0) is 18.6 Å². The van der Waals surface area contributed by atoms with Crippen molar-refractivity contribution in [3.8, 4) is 5.75 Å². The molecule has 8 heteroatoms. The first kappa shape index (κ1) is 17.1. The third-order valence-corrected chi connectivity index (χ3v) is 3.98. The molecule has 0 amide bonds. The van der Waals surface area contributed by atoms with Gasteiger partial charge in [0.2, 0.25) is 0 Å². The first-order valence-corrected chi connectivity index (χ1v) is 8.49. The van der Waals surface area contributed by atoms with Gasteiger partial charge in [-0.1, -0.05) is 24.9 Å². The number of carbonyl (C=O) groups is 1. The van der Waals surface area contributed by atoms with Crippen molar-refractivity contribution in [1.29, 1.82) is 0 Å². The first-order valence-electron chi connectivity index (χ1n) is 5.80. The summed E-state index contributed by atoms with van der Waals surface area (Å²) in [6.45, 7) is 2.18. The Bertz CT molecular complexity index is 598. The smallest absolute Gasteiger partial charge is 0.342 e. The molecule has 1 aromatic carbocycles. The van der Waals surface area contributed by atoms with Gasteiger partial charge in [-0.2, -0.15) is 0 Å². The normalized spacial score (nSPS) is 11.2. The Morgan fingerprint density at radius 3 is 2.50 bits per heavy atom. The monoisotopic (exact) mass is 340 g/mol. The number of unbranched alkanes of at least 4 members (excludes halogenated alkanes) is 1. The van der Waals surface area contributed by atoms with Crippen LogP contribution in [0.5, 0.6) is 5.75 Å². The summed E-state index contributed by atoms with van der Waals surface area (Å²) in [5.41, 5.74) is -0.0738. The fraction of sp³-hybridized carbons (Fsp3) is 0.417. The zero-order valence-corrected chi connectivity index (χ0v) is 13.3. The van der Waals surface area contributed by atoms with E-state index in [9.17, 15) is 13.2 Å². The van der Waals surface area contributed by atoms with Crippen LogP contribution in [0, 0.1) is 0 Å². The lowest BCUT2D eigenvalue weighted by molar-refractivity contribution is 0.0495. The number of ether oxygens (including phenoxy) is 2. The summed E-state index contributed by atoms with van der Waals surface area (Å²) in [6, 6.07) is 2.39. The average Bonchev–Trinajstić information content (AvgIpc) is 2.36. The quantitative estimate of drug-likeness (QED) is 0.451. The summed E-state index contributed by atoms with van der Waals surface area (Å²) >= 11 is 5.80. The van der Waals surface area contributed by atoms with Crippen LogP contribution in [0.25, 0.3) is 0 Å².